The summed E-state index contributed by atoms with van der Waals surface area (Å²) in [7, 11) is 0. The first-order valence-corrected chi connectivity index (χ1v) is 20.4. The number of Topliss-reactive ketones (excluding diaryl/α,β-unsaturated/α-hetero) is 2. The van der Waals surface area contributed by atoms with Gasteiger partial charge in [-0.15, -0.1) is 23.2 Å². The van der Waals surface area contributed by atoms with Gasteiger partial charge in [-0.2, -0.15) is 20.5 Å². The Morgan fingerprint density at radius 3 is 1.19 bits per heavy atom. The molecular formula is C44H38Cl4N8O6. The van der Waals surface area contributed by atoms with Crippen LogP contribution in [-0.2, 0) is 19.2 Å². The van der Waals surface area contributed by atoms with Crippen LogP contribution in [0.4, 0.5) is 34.1 Å². The predicted molar refractivity (Wildman–Crippen MR) is 242 cm³/mol. The molecule has 0 aromatic heterocycles. The van der Waals surface area contributed by atoms with Gasteiger partial charge in [0.1, 0.15) is 11.4 Å². The van der Waals surface area contributed by atoms with E-state index in [9.17, 15) is 28.8 Å². The molecule has 0 radical (unpaired) electrons. The summed E-state index contributed by atoms with van der Waals surface area (Å²) >= 11 is 25.2. The summed E-state index contributed by atoms with van der Waals surface area (Å²) in [5.74, 6) is -3.84. The first-order valence-electron chi connectivity index (χ1n) is 18.7. The molecule has 5 aromatic rings. The van der Waals surface area contributed by atoms with Crippen LogP contribution in [0.3, 0.4) is 0 Å². The molecule has 4 amide bonds. The summed E-state index contributed by atoms with van der Waals surface area (Å²) in [4.78, 5) is 77.6. The number of rotatable bonds is 16. The molecule has 18 heteroatoms. The molecule has 62 heavy (non-hydrogen) atoms. The van der Waals surface area contributed by atoms with Crippen molar-refractivity contribution in [2.45, 2.75) is 50.5 Å². The maximum absolute atomic E-state index is 13.2. The van der Waals surface area contributed by atoms with Gasteiger partial charge in [0.25, 0.3) is 23.6 Å². The molecule has 5 aromatic carbocycles. The zero-order valence-corrected chi connectivity index (χ0v) is 36.5. The van der Waals surface area contributed by atoms with Crippen molar-refractivity contribution in [3.8, 4) is 0 Å². The fraction of sp³-hybridized carbons (Fsp3) is 0.182. The van der Waals surface area contributed by atoms with Crippen LogP contribution in [0.25, 0.3) is 0 Å². The van der Waals surface area contributed by atoms with Crippen molar-refractivity contribution in [3.05, 3.63) is 141 Å². The Morgan fingerprint density at radius 1 is 0.500 bits per heavy atom. The molecular weight excluding hydrogens is 878 g/mol. The second-order valence-corrected chi connectivity index (χ2v) is 15.8. The Bertz CT molecular complexity index is 2410. The number of carbonyl (C=O) groups excluding carboxylic acids is 6. The second kappa shape index (κ2) is 21.5. The lowest BCUT2D eigenvalue weighted by molar-refractivity contribution is -0.127. The van der Waals surface area contributed by atoms with Gasteiger partial charge in [0.15, 0.2) is 11.6 Å². The van der Waals surface area contributed by atoms with E-state index in [4.69, 9.17) is 46.4 Å². The van der Waals surface area contributed by atoms with E-state index in [0.717, 1.165) is 25.0 Å². The Labute approximate surface area is 376 Å². The topological polar surface area (TPSA) is 200 Å². The largest absolute Gasteiger partial charge is 0.324 e. The molecule has 0 aliphatic heterocycles. The fourth-order valence-corrected chi connectivity index (χ4v) is 6.39. The number of halogens is 4. The van der Waals surface area contributed by atoms with Crippen molar-refractivity contribution < 1.29 is 28.8 Å². The maximum atomic E-state index is 13.2. The van der Waals surface area contributed by atoms with Crippen LogP contribution >= 0.6 is 46.4 Å². The summed E-state index contributed by atoms with van der Waals surface area (Å²) in [5.41, 5.74) is 3.43. The lowest BCUT2D eigenvalue weighted by atomic mass is 10.1. The van der Waals surface area contributed by atoms with E-state index in [-0.39, 0.29) is 54.7 Å². The zero-order chi connectivity index (χ0) is 45.1. The van der Waals surface area contributed by atoms with Gasteiger partial charge in [-0.05, 0) is 112 Å². The monoisotopic (exact) mass is 914 g/mol. The third-order valence-electron chi connectivity index (χ3n) is 8.94. The van der Waals surface area contributed by atoms with Crippen LogP contribution in [0.5, 0.6) is 0 Å². The van der Waals surface area contributed by atoms with E-state index in [1.165, 1.54) is 60.7 Å². The van der Waals surface area contributed by atoms with E-state index >= 15 is 0 Å². The molecule has 4 atom stereocenters. The van der Waals surface area contributed by atoms with Crippen LogP contribution in [0.1, 0.15) is 70.3 Å². The van der Waals surface area contributed by atoms with Gasteiger partial charge < -0.3 is 21.3 Å². The number of carbonyl (C=O) groups is 6. The van der Waals surface area contributed by atoms with Crippen LogP contribution in [0, 0.1) is 0 Å². The molecule has 0 bridgehead atoms. The highest BCUT2D eigenvalue weighted by atomic mass is 35.5. The maximum Gasteiger partial charge on any atom is 0.258 e. The molecule has 14 nitrogen and oxygen atoms in total. The zero-order valence-electron chi connectivity index (χ0n) is 33.5. The van der Waals surface area contributed by atoms with E-state index in [1.54, 1.807) is 62.4 Å². The van der Waals surface area contributed by atoms with Crippen molar-refractivity contribution >= 4 is 116 Å². The molecule has 0 heterocycles. The number of nitrogens with one attached hydrogen (secondary N) is 4. The number of hydrogen-bond acceptors (Lipinski definition) is 10. The van der Waals surface area contributed by atoms with Crippen molar-refractivity contribution in [2.24, 2.45) is 20.5 Å². The minimum absolute atomic E-state index is 0.0416. The van der Waals surface area contributed by atoms with Crippen molar-refractivity contribution in [3.63, 3.8) is 0 Å². The third-order valence-corrected chi connectivity index (χ3v) is 10.0. The van der Waals surface area contributed by atoms with Crippen LogP contribution in [0.15, 0.2) is 130 Å². The highest BCUT2D eigenvalue weighted by molar-refractivity contribution is 6.33. The van der Waals surface area contributed by atoms with E-state index in [0.29, 0.717) is 11.4 Å². The van der Waals surface area contributed by atoms with Gasteiger partial charge in [0, 0.05) is 33.9 Å². The number of ketones is 2. The van der Waals surface area contributed by atoms with Crippen LogP contribution in [-0.4, -0.2) is 47.3 Å². The number of amides is 4. The van der Waals surface area contributed by atoms with E-state index < -0.39 is 47.3 Å². The summed E-state index contributed by atoms with van der Waals surface area (Å²) in [5, 5.41) is 26.2. The summed E-state index contributed by atoms with van der Waals surface area (Å²) < 4.78 is 0. The molecule has 0 aliphatic rings. The van der Waals surface area contributed by atoms with Gasteiger partial charge in [0.05, 0.1) is 20.8 Å². The van der Waals surface area contributed by atoms with E-state index in [2.05, 4.69) is 41.7 Å². The number of nitrogens with zero attached hydrogens (tertiary/aromatic N) is 4. The molecule has 0 saturated heterocycles. The second-order valence-electron chi connectivity index (χ2n) is 13.7. The lowest BCUT2D eigenvalue weighted by Crippen LogP contribution is -2.32. The number of anilines is 4. The number of benzene rings is 5. The summed E-state index contributed by atoms with van der Waals surface area (Å²) in [6, 6.07) is 25.4. The van der Waals surface area contributed by atoms with Gasteiger partial charge in [-0.1, -0.05) is 59.6 Å². The Hall–Kier alpha value is -6.32. The molecule has 4 N–H and O–H groups in total. The highest BCUT2D eigenvalue weighted by Crippen LogP contribution is 2.32. The molecule has 0 fully saturated rings. The van der Waals surface area contributed by atoms with Gasteiger partial charge in [-0.3, -0.25) is 28.8 Å². The van der Waals surface area contributed by atoms with Crippen molar-refractivity contribution in [2.75, 3.05) is 21.3 Å². The van der Waals surface area contributed by atoms with Crippen LogP contribution in [0.2, 0.25) is 10.0 Å². The minimum Gasteiger partial charge on any atom is -0.324 e. The number of azo groups is 2. The average molecular weight is 917 g/mol. The first-order chi connectivity index (χ1) is 29.5. The smallest absolute Gasteiger partial charge is 0.258 e. The number of hydrogen-bond donors (Lipinski definition) is 4. The molecule has 5 rings (SSSR count). The first kappa shape index (κ1) is 46.7. The number of para-hydroxylation sites is 2. The summed E-state index contributed by atoms with van der Waals surface area (Å²) in [6.45, 7) is 5.89. The van der Waals surface area contributed by atoms with Gasteiger partial charge in [0.2, 0.25) is 12.1 Å². The van der Waals surface area contributed by atoms with Crippen LogP contribution < -0.4 is 21.3 Å². The highest BCUT2D eigenvalue weighted by Gasteiger charge is 2.26. The molecule has 0 aliphatic carbocycles. The van der Waals surface area contributed by atoms with Gasteiger partial charge >= 0.3 is 0 Å². The van der Waals surface area contributed by atoms with Gasteiger partial charge in [-0.25, -0.2) is 0 Å². The molecule has 318 valence electrons. The Kier molecular flexibility index (Phi) is 16.2. The Balaban J connectivity index is 1.22. The SMILES string of the molecule is CC(=O)C(N=Nc1cc(C(=O)Nc2ccccc2C(C)Cl)ccc1Cl)C(=O)Nc1ccc(NC(=O)C(N=Nc2cc(C(=O)Nc3ccccc3C(C)Cl)ccc2Cl)C(C)=O)cc1. The average Bonchev–Trinajstić information content (AvgIpc) is 3.22. The third kappa shape index (κ3) is 12.4. The van der Waals surface area contributed by atoms with Crippen molar-refractivity contribution in [1.29, 1.82) is 0 Å². The lowest BCUT2D eigenvalue weighted by Gasteiger charge is -2.13. The molecule has 0 saturated carbocycles. The molecule has 4 unspecified atom stereocenters. The van der Waals surface area contributed by atoms with Crippen molar-refractivity contribution in [1.82, 2.24) is 0 Å². The van der Waals surface area contributed by atoms with E-state index in [1.807, 2.05) is 0 Å². The molecule has 0 spiro atoms. The normalized spacial score (nSPS) is 13.2. The summed E-state index contributed by atoms with van der Waals surface area (Å²) in [6.07, 6.45) is 0. The fourth-order valence-electron chi connectivity index (χ4n) is 5.70. The number of alkyl halides is 2. The standard InChI is InChI=1S/C44H38Cl4N8O6/c1-23(45)31-9-5-7-11-35(31)51-41(59)27-13-19-33(47)37(21-27)53-55-39(25(3)57)43(61)49-29-15-17-30(18-16-29)50-44(62)40(26(4)58)56-54-38-22-28(14-20-34(38)48)42(60)52-36-12-8-6-10-32(36)24(2)46/h5-24,39-40H,1-4H3,(H,49,61)(H,50,62)(H,51,59)(H,52,60). The Morgan fingerprint density at radius 2 is 0.855 bits per heavy atom. The quantitative estimate of drug-likeness (QED) is 0.0431. The minimum atomic E-state index is -1.58. The predicted octanol–water partition coefficient (Wildman–Crippen LogP) is 11.5.